The predicted octanol–water partition coefficient (Wildman–Crippen LogP) is -0.918. The van der Waals surface area contributed by atoms with Crippen molar-refractivity contribution in [3.8, 4) is 0 Å². The Morgan fingerprint density at radius 1 is 1.44 bits per heavy atom. The fraction of sp³-hybridized carbons (Fsp3) is 0.889. The second-order valence-corrected chi connectivity index (χ2v) is 6.23. The topological polar surface area (TPSA) is 87.3 Å². The van der Waals surface area contributed by atoms with Gasteiger partial charge in [-0.05, 0) is 6.42 Å². The van der Waals surface area contributed by atoms with E-state index in [1.807, 2.05) is 6.92 Å². The van der Waals surface area contributed by atoms with Gasteiger partial charge in [0, 0.05) is 26.2 Å². The molecule has 16 heavy (non-hydrogen) atoms. The first-order chi connectivity index (χ1) is 7.56. The number of nitrogens with one attached hydrogen (secondary N) is 3. The van der Waals surface area contributed by atoms with Crippen LogP contribution in [-0.2, 0) is 9.84 Å². The highest BCUT2D eigenvalue weighted by Gasteiger charge is 2.28. The van der Waals surface area contributed by atoms with E-state index in [9.17, 15) is 13.2 Å². The molecule has 1 aliphatic heterocycles. The van der Waals surface area contributed by atoms with E-state index >= 15 is 0 Å². The molecule has 1 unspecified atom stereocenters. The van der Waals surface area contributed by atoms with Crippen molar-refractivity contribution in [1.29, 1.82) is 0 Å². The van der Waals surface area contributed by atoms with E-state index in [1.54, 1.807) is 0 Å². The van der Waals surface area contributed by atoms with Gasteiger partial charge in [0.05, 0.1) is 11.0 Å². The summed E-state index contributed by atoms with van der Waals surface area (Å²) in [4.78, 5) is 11.2. The second kappa shape index (κ2) is 6.05. The lowest BCUT2D eigenvalue weighted by atomic mass is 10.4. The Hall–Kier alpha value is -0.820. The van der Waals surface area contributed by atoms with E-state index in [0.717, 1.165) is 6.42 Å². The van der Waals surface area contributed by atoms with Crippen LogP contribution in [0.3, 0.4) is 0 Å². The summed E-state index contributed by atoms with van der Waals surface area (Å²) in [6.45, 7) is 3.64. The van der Waals surface area contributed by atoms with Gasteiger partial charge < -0.3 is 16.0 Å². The molecule has 6 nitrogen and oxygen atoms in total. The van der Waals surface area contributed by atoms with Crippen LogP contribution in [0.15, 0.2) is 0 Å². The van der Waals surface area contributed by atoms with Crippen LogP contribution in [0.25, 0.3) is 0 Å². The van der Waals surface area contributed by atoms with Crippen molar-refractivity contribution in [2.24, 2.45) is 0 Å². The van der Waals surface area contributed by atoms with E-state index in [1.165, 1.54) is 0 Å². The lowest BCUT2D eigenvalue weighted by molar-refractivity contribution is 0.241. The highest BCUT2D eigenvalue weighted by atomic mass is 32.2. The fourth-order valence-corrected chi connectivity index (χ4v) is 2.95. The van der Waals surface area contributed by atoms with Gasteiger partial charge in [-0.2, -0.15) is 0 Å². The van der Waals surface area contributed by atoms with Gasteiger partial charge in [-0.25, -0.2) is 13.2 Å². The molecule has 1 aliphatic rings. The van der Waals surface area contributed by atoms with E-state index in [2.05, 4.69) is 16.0 Å². The highest BCUT2D eigenvalue weighted by molar-refractivity contribution is 7.92. The zero-order valence-corrected chi connectivity index (χ0v) is 10.3. The maximum atomic E-state index is 11.6. The lowest BCUT2D eigenvalue weighted by Crippen LogP contribution is -2.50. The summed E-state index contributed by atoms with van der Waals surface area (Å²) in [7, 11) is -3.04. The summed E-state index contributed by atoms with van der Waals surface area (Å²) >= 11 is 0. The van der Waals surface area contributed by atoms with Gasteiger partial charge >= 0.3 is 6.03 Å². The molecule has 1 heterocycles. The van der Waals surface area contributed by atoms with Gasteiger partial charge in [0.2, 0.25) is 0 Å². The lowest BCUT2D eigenvalue weighted by Gasteiger charge is -2.23. The van der Waals surface area contributed by atoms with E-state index in [0.29, 0.717) is 19.6 Å². The first kappa shape index (κ1) is 13.2. The Morgan fingerprint density at radius 3 is 2.81 bits per heavy atom. The van der Waals surface area contributed by atoms with Crippen molar-refractivity contribution in [1.82, 2.24) is 16.0 Å². The van der Waals surface area contributed by atoms with Crippen molar-refractivity contribution in [3.05, 3.63) is 0 Å². The zero-order valence-electron chi connectivity index (χ0n) is 9.45. The first-order valence-corrected chi connectivity index (χ1v) is 7.22. The second-order valence-electron chi connectivity index (χ2n) is 3.83. The van der Waals surface area contributed by atoms with E-state index in [4.69, 9.17) is 0 Å². The minimum Gasteiger partial charge on any atom is -0.338 e. The van der Waals surface area contributed by atoms with Crippen molar-refractivity contribution >= 4 is 15.9 Å². The Balaban J connectivity index is 2.33. The monoisotopic (exact) mass is 249 g/mol. The van der Waals surface area contributed by atoms with Gasteiger partial charge in [0.1, 0.15) is 0 Å². The van der Waals surface area contributed by atoms with Gasteiger partial charge in [-0.15, -0.1) is 0 Å². The number of amides is 2. The summed E-state index contributed by atoms with van der Waals surface area (Å²) < 4.78 is 23.2. The highest BCUT2D eigenvalue weighted by Crippen LogP contribution is 2.04. The zero-order chi connectivity index (χ0) is 12.0. The van der Waals surface area contributed by atoms with Crippen LogP contribution in [0.1, 0.15) is 13.3 Å². The molecular formula is C9H19N3O3S. The van der Waals surface area contributed by atoms with Gasteiger partial charge in [0.25, 0.3) is 0 Å². The third kappa shape index (κ3) is 3.97. The molecule has 3 N–H and O–H groups in total. The number of hydrogen-bond donors (Lipinski definition) is 3. The molecule has 0 aliphatic carbocycles. The molecule has 2 amide bonds. The average molecular weight is 249 g/mol. The van der Waals surface area contributed by atoms with Crippen LogP contribution in [-0.4, -0.2) is 51.6 Å². The third-order valence-corrected chi connectivity index (χ3v) is 4.59. The van der Waals surface area contributed by atoms with Gasteiger partial charge in [-0.1, -0.05) is 6.92 Å². The summed E-state index contributed by atoms with van der Waals surface area (Å²) in [5.41, 5.74) is 0. The van der Waals surface area contributed by atoms with E-state index in [-0.39, 0.29) is 18.3 Å². The number of sulfone groups is 1. The SMILES string of the molecule is CCCNC(=O)NCC1CNCCS1(=O)=O. The van der Waals surface area contributed by atoms with Crippen LogP contribution >= 0.6 is 0 Å². The Morgan fingerprint density at radius 2 is 2.19 bits per heavy atom. The molecule has 0 radical (unpaired) electrons. The standard InChI is InChI=1S/C9H19N3O3S/c1-2-3-11-9(13)12-7-8-6-10-4-5-16(8,14)15/h8,10H,2-7H2,1H3,(H2,11,12,13). The summed E-state index contributed by atoms with van der Waals surface area (Å²) in [5.74, 6) is 0.149. The normalized spacial score (nSPS) is 23.7. The van der Waals surface area contributed by atoms with Gasteiger partial charge in [-0.3, -0.25) is 0 Å². The maximum absolute atomic E-state index is 11.6. The van der Waals surface area contributed by atoms with Crippen LogP contribution in [0, 0.1) is 0 Å². The Labute approximate surface area is 96.1 Å². The number of rotatable bonds is 4. The summed E-state index contributed by atoms with van der Waals surface area (Å²) in [5, 5.41) is 7.71. The van der Waals surface area contributed by atoms with Crippen molar-refractivity contribution in [3.63, 3.8) is 0 Å². The number of urea groups is 1. The molecule has 0 bridgehead atoms. The third-order valence-electron chi connectivity index (χ3n) is 2.47. The van der Waals surface area contributed by atoms with Gasteiger partial charge in [0.15, 0.2) is 9.84 Å². The minimum absolute atomic E-state index is 0.149. The minimum atomic E-state index is -3.04. The maximum Gasteiger partial charge on any atom is 0.314 e. The smallest absolute Gasteiger partial charge is 0.314 e. The first-order valence-electron chi connectivity index (χ1n) is 5.50. The molecule has 0 aromatic heterocycles. The molecule has 1 atom stereocenters. The Bertz CT molecular complexity index is 329. The van der Waals surface area contributed by atoms with Crippen LogP contribution in [0.2, 0.25) is 0 Å². The molecular weight excluding hydrogens is 230 g/mol. The largest absolute Gasteiger partial charge is 0.338 e. The van der Waals surface area contributed by atoms with Crippen molar-refractivity contribution in [2.45, 2.75) is 18.6 Å². The molecule has 1 saturated heterocycles. The van der Waals surface area contributed by atoms with Crippen LogP contribution < -0.4 is 16.0 Å². The van der Waals surface area contributed by atoms with Crippen LogP contribution in [0.4, 0.5) is 4.79 Å². The molecule has 1 fully saturated rings. The number of carbonyl (C=O) groups is 1. The molecule has 1 rings (SSSR count). The fourth-order valence-electron chi connectivity index (χ4n) is 1.48. The average Bonchev–Trinajstić information content (AvgIpc) is 2.24. The van der Waals surface area contributed by atoms with E-state index < -0.39 is 15.1 Å². The van der Waals surface area contributed by atoms with Crippen molar-refractivity contribution < 1.29 is 13.2 Å². The van der Waals surface area contributed by atoms with Crippen molar-refractivity contribution in [2.75, 3.05) is 31.9 Å². The number of hydrogen-bond acceptors (Lipinski definition) is 4. The summed E-state index contributed by atoms with van der Waals surface area (Å²) in [6.07, 6.45) is 0.858. The Kier molecular flexibility index (Phi) is 5.01. The molecule has 0 saturated carbocycles. The molecule has 0 spiro atoms. The van der Waals surface area contributed by atoms with Crippen LogP contribution in [0.5, 0.6) is 0 Å². The number of carbonyl (C=O) groups excluding carboxylic acids is 1. The molecule has 94 valence electrons. The summed E-state index contributed by atoms with van der Waals surface area (Å²) in [6, 6.07) is -0.303. The molecule has 0 aromatic carbocycles. The predicted molar refractivity (Wildman–Crippen MR) is 62.1 cm³/mol. The quantitative estimate of drug-likeness (QED) is 0.601. The molecule has 0 aromatic rings. The molecule has 7 heteroatoms.